The van der Waals surface area contributed by atoms with Crippen molar-refractivity contribution in [3.05, 3.63) is 52.3 Å². The molecule has 3 aromatic rings. The molecule has 3 rings (SSSR count). The summed E-state index contributed by atoms with van der Waals surface area (Å²) in [6.07, 6.45) is 0. The second kappa shape index (κ2) is 5.46. The van der Waals surface area contributed by atoms with Gasteiger partial charge in [0.1, 0.15) is 11.3 Å². The number of aromatic nitrogens is 1. The molecule has 0 saturated carbocycles. The van der Waals surface area contributed by atoms with Gasteiger partial charge in [-0.2, -0.15) is 0 Å². The highest BCUT2D eigenvalue weighted by molar-refractivity contribution is 9.10. The van der Waals surface area contributed by atoms with E-state index >= 15 is 0 Å². The fourth-order valence-electron chi connectivity index (χ4n) is 1.76. The van der Waals surface area contributed by atoms with Crippen LogP contribution in [-0.2, 0) is 5.75 Å². The lowest BCUT2D eigenvalue weighted by atomic mass is 10.2. The third kappa shape index (κ3) is 2.81. The fourth-order valence-corrected chi connectivity index (χ4v) is 2.97. The van der Waals surface area contributed by atoms with E-state index in [1.54, 1.807) is 30.3 Å². The lowest BCUT2D eigenvalue weighted by Gasteiger charge is -2.00. The van der Waals surface area contributed by atoms with Gasteiger partial charge in [0.05, 0.1) is 4.47 Å². The minimum absolute atomic E-state index is 0.268. The van der Waals surface area contributed by atoms with Crippen molar-refractivity contribution in [2.45, 2.75) is 11.0 Å². The molecule has 0 unspecified atom stereocenters. The van der Waals surface area contributed by atoms with Crippen molar-refractivity contribution in [3.63, 3.8) is 0 Å². The summed E-state index contributed by atoms with van der Waals surface area (Å²) in [5, 5.41) is 0.575. The van der Waals surface area contributed by atoms with Crippen molar-refractivity contribution in [2.24, 2.45) is 0 Å². The summed E-state index contributed by atoms with van der Waals surface area (Å²) in [5.74, 6) is 0.386. The maximum atomic E-state index is 13.1. The number of thioether (sulfide) groups is 1. The molecule has 20 heavy (non-hydrogen) atoms. The van der Waals surface area contributed by atoms with Crippen LogP contribution in [0.25, 0.3) is 11.1 Å². The molecule has 1 aromatic heterocycles. The van der Waals surface area contributed by atoms with Gasteiger partial charge in [0.25, 0.3) is 5.22 Å². The Morgan fingerprint density at radius 3 is 2.90 bits per heavy atom. The summed E-state index contributed by atoms with van der Waals surface area (Å²) >= 11 is 4.63. The molecule has 6 heteroatoms. The zero-order valence-electron chi connectivity index (χ0n) is 10.3. The van der Waals surface area contributed by atoms with Crippen molar-refractivity contribution in [1.82, 2.24) is 4.98 Å². The Morgan fingerprint density at radius 2 is 2.10 bits per heavy atom. The van der Waals surface area contributed by atoms with E-state index in [0.717, 1.165) is 11.1 Å². The molecule has 0 fully saturated rings. The zero-order chi connectivity index (χ0) is 14.1. The Bertz CT molecular complexity index is 775. The van der Waals surface area contributed by atoms with E-state index in [4.69, 9.17) is 10.2 Å². The third-order valence-corrected chi connectivity index (χ3v) is 4.25. The van der Waals surface area contributed by atoms with E-state index in [1.165, 1.54) is 17.8 Å². The summed E-state index contributed by atoms with van der Waals surface area (Å²) in [4.78, 5) is 4.36. The maximum absolute atomic E-state index is 13.1. The minimum Gasteiger partial charge on any atom is -0.431 e. The number of oxazole rings is 1. The summed E-state index contributed by atoms with van der Waals surface area (Å²) < 4.78 is 19.2. The molecule has 0 aliphatic carbocycles. The quantitative estimate of drug-likeness (QED) is 0.552. The SMILES string of the molecule is Nc1ccc2oc(SCc3ccc(F)c(Br)c3)nc2c1. The lowest BCUT2D eigenvalue weighted by Crippen LogP contribution is -1.84. The van der Waals surface area contributed by atoms with Crippen LogP contribution in [0.3, 0.4) is 0 Å². The summed E-state index contributed by atoms with van der Waals surface area (Å²) in [6.45, 7) is 0. The van der Waals surface area contributed by atoms with Crippen LogP contribution in [0, 0.1) is 5.82 Å². The Kier molecular flexibility index (Phi) is 3.67. The van der Waals surface area contributed by atoms with Crippen LogP contribution in [0.4, 0.5) is 10.1 Å². The van der Waals surface area contributed by atoms with Crippen LogP contribution in [0.15, 0.2) is 50.5 Å². The number of hydrogen-bond donors (Lipinski definition) is 1. The lowest BCUT2D eigenvalue weighted by molar-refractivity contribution is 0.489. The molecule has 0 spiro atoms. The number of rotatable bonds is 3. The van der Waals surface area contributed by atoms with Crippen molar-refractivity contribution >= 4 is 44.5 Å². The molecular weight excluding hydrogens is 343 g/mol. The predicted molar refractivity (Wildman–Crippen MR) is 82.1 cm³/mol. The summed E-state index contributed by atoms with van der Waals surface area (Å²) in [7, 11) is 0. The van der Waals surface area contributed by atoms with E-state index in [9.17, 15) is 4.39 Å². The Morgan fingerprint density at radius 1 is 1.25 bits per heavy atom. The van der Waals surface area contributed by atoms with Crippen LogP contribution < -0.4 is 5.73 Å². The van der Waals surface area contributed by atoms with Gasteiger partial charge >= 0.3 is 0 Å². The van der Waals surface area contributed by atoms with E-state index in [1.807, 2.05) is 0 Å². The van der Waals surface area contributed by atoms with Gasteiger partial charge in [0.15, 0.2) is 5.58 Å². The normalized spacial score (nSPS) is 11.1. The summed E-state index contributed by atoms with van der Waals surface area (Å²) in [6, 6.07) is 10.3. The number of fused-ring (bicyclic) bond motifs is 1. The Labute approximate surface area is 127 Å². The first-order chi connectivity index (χ1) is 9.61. The zero-order valence-corrected chi connectivity index (χ0v) is 12.7. The average Bonchev–Trinajstić information content (AvgIpc) is 2.82. The van der Waals surface area contributed by atoms with Gasteiger partial charge in [0, 0.05) is 11.4 Å². The number of nitrogen functional groups attached to an aromatic ring is 1. The topological polar surface area (TPSA) is 52.0 Å². The molecule has 0 aliphatic heterocycles. The number of hydrogen-bond acceptors (Lipinski definition) is 4. The molecule has 0 amide bonds. The highest BCUT2D eigenvalue weighted by atomic mass is 79.9. The second-order valence-corrected chi connectivity index (χ2v) is 6.02. The Balaban J connectivity index is 1.77. The van der Waals surface area contributed by atoms with Crippen molar-refractivity contribution in [2.75, 3.05) is 5.73 Å². The van der Waals surface area contributed by atoms with Gasteiger partial charge in [-0.05, 0) is 51.8 Å². The number of anilines is 1. The first-order valence-electron chi connectivity index (χ1n) is 5.84. The molecule has 3 nitrogen and oxygen atoms in total. The molecule has 2 N–H and O–H groups in total. The minimum atomic E-state index is -0.268. The van der Waals surface area contributed by atoms with Crippen molar-refractivity contribution in [1.29, 1.82) is 0 Å². The van der Waals surface area contributed by atoms with Crippen LogP contribution in [0.2, 0.25) is 0 Å². The number of halogens is 2. The van der Waals surface area contributed by atoms with E-state index in [2.05, 4.69) is 20.9 Å². The largest absolute Gasteiger partial charge is 0.431 e. The van der Waals surface area contributed by atoms with Crippen LogP contribution in [0.5, 0.6) is 0 Å². The van der Waals surface area contributed by atoms with Crippen molar-refractivity contribution in [3.8, 4) is 0 Å². The molecule has 0 aliphatic rings. The first-order valence-corrected chi connectivity index (χ1v) is 7.62. The van der Waals surface area contributed by atoms with Crippen LogP contribution in [-0.4, -0.2) is 4.98 Å². The van der Waals surface area contributed by atoms with Gasteiger partial charge in [-0.25, -0.2) is 9.37 Å². The maximum Gasteiger partial charge on any atom is 0.257 e. The van der Waals surface area contributed by atoms with Crippen LogP contribution in [0.1, 0.15) is 5.56 Å². The molecule has 0 bridgehead atoms. The standard InChI is InChI=1S/C14H10BrFN2OS/c15-10-5-8(1-3-11(10)16)7-20-14-18-12-6-9(17)2-4-13(12)19-14/h1-6H,7,17H2. The third-order valence-electron chi connectivity index (χ3n) is 2.74. The van der Waals surface area contributed by atoms with Gasteiger partial charge in [-0.15, -0.1) is 0 Å². The van der Waals surface area contributed by atoms with E-state index in [-0.39, 0.29) is 5.82 Å². The first kappa shape index (κ1) is 13.5. The van der Waals surface area contributed by atoms with E-state index in [0.29, 0.717) is 26.7 Å². The summed E-state index contributed by atoms with van der Waals surface area (Å²) in [5.41, 5.74) is 8.80. The average molecular weight is 353 g/mol. The van der Waals surface area contributed by atoms with Crippen LogP contribution >= 0.6 is 27.7 Å². The molecule has 1 heterocycles. The fraction of sp³-hybridized carbons (Fsp3) is 0.0714. The van der Waals surface area contributed by atoms with E-state index < -0.39 is 0 Å². The van der Waals surface area contributed by atoms with Gasteiger partial charge in [-0.1, -0.05) is 17.8 Å². The number of nitrogens with two attached hydrogens (primary N) is 1. The van der Waals surface area contributed by atoms with Gasteiger partial charge in [0.2, 0.25) is 0 Å². The number of nitrogens with zero attached hydrogens (tertiary/aromatic N) is 1. The highest BCUT2D eigenvalue weighted by Gasteiger charge is 2.08. The van der Waals surface area contributed by atoms with Crippen molar-refractivity contribution < 1.29 is 8.81 Å². The second-order valence-electron chi connectivity index (χ2n) is 4.24. The molecule has 2 aromatic carbocycles. The number of benzene rings is 2. The molecular formula is C14H10BrFN2OS. The molecule has 0 radical (unpaired) electrons. The molecule has 0 saturated heterocycles. The van der Waals surface area contributed by atoms with Gasteiger partial charge < -0.3 is 10.2 Å². The van der Waals surface area contributed by atoms with Gasteiger partial charge in [-0.3, -0.25) is 0 Å². The molecule has 0 atom stereocenters. The molecule has 102 valence electrons. The monoisotopic (exact) mass is 352 g/mol. The predicted octanol–water partition coefficient (Wildman–Crippen LogP) is 4.60. The Hall–Kier alpha value is -1.53. The smallest absolute Gasteiger partial charge is 0.257 e. The highest BCUT2D eigenvalue weighted by Crippen LogP contribution is 2.28.